The van der Waals surface area contributed by atoms with Crippen molar-refractivity contribution in [3.8, 4) is 11.5 Å². The first-order valence-electron chi connectivity index (χ1n) is 6.30. The lowest BCUT2D eigenvalue weighted by molar-refractivity contribution is 0.409. The molecule has 2 rings (SSSR count). The molecular formula is C16H18FNO2. The minimum Gasteiger partial charge on any atom is -0.497 e. The minimum atomic E-state index is -0.546. The van der Waals surface area contributed by atoms with Crippen LogP contribution in [0.15, 0.2) is 36.4 Å². The van der Waals surface area contributed by atoms with E-state index < -0.39 is 6.04 Å². The number of hydrogen-bond acceptors (Lipinski definition) is 3. The van der Waals surface area contributed by atoms with Crippen molar-refractivity contribution in [3.05, 3.63) is 58.9 Å². The second kappa shape index (κ2) is 5.92. The van der Waals surface area contributed by atoms with E-state index in [1.807, 2.05) is 25.1 Å². The lowest BCUT2D eigenvalue weighted by atomic mass is 9.97. The van der Waals surface area contributed by atoms with Crippen LogP contribution in [0.25, 0.3) is 0 Å². The molecule has 0 spiro atoms. The van der Waals surface area contributed by atoms with Gasteiger partial charge in [-0.1, -0.05) is 18.2 Å². The third kappa shape index (κ3) is 2.75. The molecule has 20 heavy (non-hydrogen) atoms. The fourth-order valence-electron chi connectivity index (χ4n) is 2.10. The summed E-state index contributed by atoms with van der Waals surface area (Å²) in [6.45, 7) is 1.95. The van der Waals surface area contributed by atoms with E-state index in [1.165, 1.54) is 13.2 Å². The van der Waals surface area contributed by atoms with Crippen LogP contribution in [-0.4, -0.2) is 14.2 Å². The van der Waals surface area contributed by atoms with Crippen molar-refractivity contribution >= 4 is 0 Å². The molecule has 0 saturated heterocycles. The van der Waals surface area contributed by atoms with Crippen molar-refractivity contribution in [2.75, 3.05) is 14.2 Å². The predicted octanol–water partition coefficient (Wildman–Crippen LogP) is 3.20. The molecule has 2 aromatic carbocycles. The van der Waals surface area contributed by atoms with Gasteiger partial charge in [-0.3, -0.25) is 0 Å². The Labute approximate surface area is 118 Å². The lowest BCUT2D eigenvalue weighted by Gasteiger charge is -2.16. The van der Waals surface area contributed by atoms with Gasteiger partial charge < -0.3 is 15.2 Å². The standard InChI is InChI=1S/C16H18FNO2/c1-10-4-5-11(8-15(10)20-3)16(18)13-7-6-12(19-2)9-14(13)17/h4-9,16H,18H2,1-3H3. The Hall–Kier alpha value is -2.07. The summed E-state index contributed by atoms with van der Waals surface area (Å²) in [7, 11) is 3.10. The van der Waals surface area contributed by atoms with Gasteiger partial charge in [-0.05, 0) is 30.2 Å². The first kappa shape index (κ1) is 14.3. The van der Waals surface area contributed by atoms with Crippen LogP contribution in [-0.2, 0) is 0 Å². The maximum absolute atomic E-state index is 14.0. The molecule has 0 aromatic heterocycles. The van der Waals surface area contributed by atoms with Crippen molar-refractivity contribution in [2.24, 2.45) is 5.73 Å². The Bertz CT molecular complexity index is 613. The molecule has 1 atom stereocenters. The second-order valence-corrected chi connectivity index (χ2v) is 4.59. The van der Waals surface area contributed by atoms with Crippen LogP contribution in [0.3, 0.4) is 0 Å². The van der Waals surface area contributed by atoms with Gasteiger partial charge >= 0.3 is 0 Å². The monoisotopic (exact) mass is 275 g/mol. The highest BCUT2D eigenvalue weighted by atomic mass is 19.1. The summed E-state index contributed by atoms with van der Waals surface area (Å²) in [6, 6.07) is 9.76. The first-order valence-corrected chi connectivity index (χ1v) is 6.30. The summed E-state index contributed by atoms with van der Waals surface area (Å²) < 4.78 is 24.3. The van der Waals surface area contributed by atoms with E-state index in [0.717, 1.165) is 16.9 Å². The molecule has 0 saturated carbocycles. The van der Waals surface area contributed by atoms with Gasteiger partial charge in [0.2, 0.25) is 0 Å². The first-order chi connectivity index (χ1) is 9.56. The summed E-state index contributed by atoms with van der Waals surface area (Å²) in [5.74, 6) is 0.836. The third-order valence-corrected chi connectivity index (χ3v) is 3.33. The Morgan fingerprint density at radius 2 is 1.80 bits per heavy atom. The molecule has 1 unspecified atom stereocenters. The van der Waals surface area contributed by atoms with E-state index in [2.05, 4.69) is 0 Å². The van der Waals surface area contributed by atoms with Crippen LogP contribution in [0.4, 0.5) is 4.39 Å². The molecule has 2 aromatic rings. The summed E-state index contributed by atoms with van der Waals surface area (Å²) >= 11 is 0. The number of halogens is 1. The van der Waals surface area contributed by atoms with Crippen molar-refractivity contribution in [2.45, 2.75) is 13.0 Å². The maximum Gasteiger partial charge on any atom is 0.132 e. The topological polar surface area (TPSA) is 44.5 Å². The molecule has 0 bridgehead atoms. The quantitative estimate of drug-likeness (QED) is 0.932. The summed E-state index contributed by atoms with van der Waals surface area (Å²) in [5.41, 5.74) is 8.39. The van der Waals surface area contributed by atoms with Gasteiger partial charge in [-0.25, -0.2) is 4.39 Å². The number of rotatable bonds is 4. The average molecular weight is 275 g/mol. The van der Waals surface area contributed by atoms with Crippen LogP contribution in [0.5, 0.6) is 11.5 Å². The van der Waals surface area contributed by atoms with Gasteiger partial charge in [0.1, 0.15) is 17.3 Å². The molecule has 0 radical (unpaired) electrons. The number of aryl methyl sites for hydroxylation is 1. The third-order valence-electron chi connectivity index (χ3n) is 3.33. The fraction of sp³-hybridized carbons (Fsp3) is 0.250. The second-order valence-electron chi connectivity index (χ2n) is 4.59. The average Bonchev–Trinajstić information content (AvgIpc) is 2.47. The van der Waals surface area contributed by atoms with E-state index in [4.69, 9.17) is 15.2 Å². The number of hydrogen-bond donors (Lipinski definition) is 1. The largest absolute Gasteiger partial charge is 0.497 e. The van der Waals surface area contributed by atoms with E-state index in [0.29, 0.717) is 11.3 Å². The van der Waals surface area contributed by atoms with Gasteiger partial charge in [-0.15, -0.1) is 0 Å². The normalized spacial score (nSPS) is 12.1. The molecule has 2 N–H and O–H groups in total. The molecule has 3 nitrogen and oxygen atoms in total. The Balaban J connectivity index is 2.38. The van der Waals surface area contributed by atoms with Crippen molar-refractivity contribution in [3.63, 3.8) is 0 Å². The maximum atomic E-state index is 14.0. The van der Waals surface area contributed by atoms with Crippen LogP contribution < -0.4 is 15.2 Å². The Morgan fingerprint density at radius 1 is 1.05 bits per heavy atom. The zero-order valence-electron chi connectivity index (χ0n) is 11.8. The van der Waals surface area contributed by atoms with Crippen LogP contribution in [0.1, 0.15) is 22.7 Å². The van der Waals surface area contributed by atoms with Crippen molar-refractivity contribution < 1.29 is 13.9 Å². The van der Waals surface area contributed by atoms with Gasteiger partial charge in [-0.2, -0.15) is 0 Å². The van der Waals surface area contributed by atoms with Crippen molar-refractivity contribution in [1.29, 1.82) is 0 Å². The minimum absolute atomic E-state index is 0.378. The number of ether oxygens (including phenoxy) is 2. The summed E-state index contributed by atoms with van der Waals surface area (Å²) in [5, 5.41) is 0. The summed E-state index contributed by atoms with van der Waals surface area (Å²) in [4.78, 5) is 0. The molecular weight excluding hydrogens is 257 g/mol. The zero-order valence-corrected chi connectivity index (χ0v) is 11.8. The highest BCUT2D eigenvalue weighted by Crippen LogP contribution is 2.28. The molecule has 106 valence electrons. The predicted molar refractivity (Wildman–Crippen MR) is 76.7 cm³/mol. The summed E-state index contributed by atoms with van der Waals surface area (Å²) in [6.07, 6.45) is 0. The Kier molecular flexibility index (Phi) is 4.25. The van der Waals surface area contributed by atoms with Gasteiger partial charge in [0.05, 0.1) is 20.3 Å². The lowest BCUT2D eigenvalue weighted by Crippen LogP contribution is -2.14. The van der Waals surface area contributed by atoms with E-state index >= 15 is 0 Å². The van der Waals surface area contributed by atoms with Crippen LogP contribution in [0.2, 0.25) is 0 Å². The molecule has 0 fully saturated rings. The van der Waals surface area contributed by atoms with E-state index in [9.17, 15) is 4.39 Å². The molecule has 0 aliphatic heterocycles. The molecule has 0 aliphatic carbocycles. The Morgan fingerprint density at radius 3 is 2.40 bits per heavy atom. The van der Waals surface area contributed by atoms with Gasteiger partial charge in [0.25, 0.3) is 0 Å². The number of benzene rings is 2. The molecule has 4 heteroatoms. The fourth-order valence-corrected chi connectivity index (χ4v) is 2.10. The highest BCUT2D eigenvalue weighted by Gasteiger charge is 2.15. The smallest absolute Gasteiger partial charge is 0.132 e. The van der Waals surface area contributed by atoms with Gasteiger partial charge in [0.15, 0.2) is 0 Å². The van der Waals surface area contributed by atoms with Gasteiger partial charge in [0, 0.05) is 11.6 Å². The number of nitrogens with two attached hydrogens (primary N) is 1. The van der Waals surface area contributed by atoms with Crippen molar-refractivity contribution in [1.82, 2.24) is 0 Å². The number of methoxy groups -OCH3 is 2. The van der Waals surface area contributed by atoms with E-state index in [1.54, 1.807) is 19.2 Å². The molecule has 0 heterocycles. The van der Waals surface area contributed by atoms with Crippen LogP contribution in [0, 0.1) is 12.7 Å². The van der Waals surface area contributed by atoms with E-state index in [-0.39, 0.29) is 5.82 Å². The SMILES string of the molecule is COc1ccc(C(N)c2ccc(C)c(OC)c2)c(F)c1. The molecule has 0 aliphatic rings. The van der Waals surface area contributed by atoms with Crippen LogP contribution >= 0.6 is 0 Å². The molecule has 0 amide bonds. The highest BCUT2D eigenvalue weighted by molar-refractivity contribution is 5.42. The zero-order chi connectivity index (χ0) is 14.7.